The number of carbonyl (C=O) groups is 2. The highest BCUT2D eigenvalue weighted by atomic mass is 16.2. The van der Waals surface area contributed by atoms with Crippen LogP contribution < -0.4 is 10.6 Å². The van der Waals surface area contributed by atoms with Gasteiger partial charge >= 0.3 is 0 Å². The minimum absolute atomic E-state index is 0.182. The van der Waals surface area contributed by atoms with Crippen LogP contribution in [-0.2, 0) is 9.59 Å². The summed E-state index contributed by atoms with van der Waals surface area (Å²) in [5.41, 5.74) is 3.16. The molecule has 2 N–H and O–H groups in total. The van der Waals surface area contributed by atoms with Crippen LogP contribution in [0.15, 0.2) is 84.9 Å². The number of nitrogens with one attached hydrogen (secondary N) is 2. The average Bonchev–Trinajstić information content (AvgIpc) is 2.88. The zero-order valence-corrected chi connectivity index (χ0v) is 18.4. The van der Waals surface area contributed by atoms with E-state index in [1.54, 1.807) is 12.2 Å². The highest BCUT2D eigenvalue weighted by Gasteiger charge is 1.98. The Kier molecular flexibility index (Phi) is 7.40. The Bertz CT molecular complexity index is 1350. The SMILES string of the molecule is O=C(/C=C/c1ccc2ccccc2n1)NCC#CCNC(=O)/C=C/c1ccc2ccccc2n1. The predicted molar refractivity (Wildman–Crippen MR) is 135 cm³/mol. The Balaban J connectivity index is 1.18. The lowest BCUT2D eigenvalue weighted by Gasteiger charge is -1.99. The molecule has 0 aliphatic rings. The molecular formula is C28H22N4O2. The summed E-state index contributed by atoms with van der Waals surface area (Å²) in [6.45, 7) is 0.363. The van der Waals surface area contributed by atoms with E-state index < -0.39 is 0 Å². The number of rotatable bonds is 6. The number of benzene rings is 2. The topological polar surface area (TPSA) is 84.0 Å². The normalized spacial score (nSPS) is 10.9. The van der Waals surface area contributed by atoms with Gasteiger partial charge in [-0.1, -0.05) is 60.4 Å². The third-order valence-electron chi connectivity index (χ3n) is 4.88. The Morgan fingerprint density at radius 2 is 1.09 bits per heavy atom. The van der Waals surface area contributed by atoms with Crippen LogP contribution in [0.25, 0.3) is 34.0 Å². The van der Waals surface area contributed by atoms with E-state index in [0.717, 1.165) is 21.8 Å². The first-order chi connectivity index (χ1) is 16.7. The van der Waals surface area contributed by atoms with Crippen molar-refractivity contribution in [2.24, 2.45) is 0 Å². The highest BCUT2D eigenvalue weighted by Crippen LogP contribution is 2.13. The van der Waals surface area contributed by atoms with Crippen LogP contribution in [0.3, 0.4) is 0 Å². The molecule has 0 saturated carbocycles. The molecule has 0 radical (unpaired) electrons. The minimum atomic E-state index is -0.265. The van der Waals surface area contributed by atoms with Crippen LogP contribution in [0.4, 0.5) is 0 Å². The summed E-state index contributed by atoms with van der Waals surface area (Å²) in [7, 11) is 0. The van der Waals surface area contributed by atoms with Crippen molar-refractivity contribution in [2.75, 3.05) is 13.1 Å². The van der Waals surface area contributed by atoms with Gasteiger partial charge in [0.25, 0.3) is 0 Å². The predicted octanol–water partition coefficient (Wildman–Crippen LogP) is 3.75. The summed E-state index contributed by atoms with van der Waals surface area (Å²) in [6, 6.07) is 23.3. The van der Waals surface area contributed by atoms with Gasteiger partial charge in [0.1, 0.15) is 0 Å². The van der Waals surface area contributed by atoms with Crippen molar-refractivity contribution in [1.29, 1.82) is 0 Å². The monoisotopic (exact) mass is 446 g/mol. The molecule has 0 saturated heterocycles. The summed E-state index contributed by atoms with van der Waals surface area (Å²) in [5, 5.41) is 7.45. The third kappa shape index (κ3) is 6.38. The number of aromatic nitrogens is 2. The van der Waals surface area contributed by atoms with E-state index >= 15 is 0 Å². The summed E-state index contributed by atoms with van der Waals surface area (Å²) >= 11 is 0. The number of amides is 2. The molecule has 166 valence electrons. The van der Waals surface area contributed by atoms with Crippen LogP contribution in [0.1, 0.15) is 11.4 Å². The van der Waals surface area contributed by atoms with Gasteiger partial charge in [0.2, 0.25) is 11.8 Å². The van der Waals surface area contributed by atoms with Crippen molar-refractivity contribution in [1.82, 2.24) is 20.6 Å². The van der Waals surface area contributed by atoms with Crippen molar-refractivity contribution < 1.29 is 9.59 Å². The first-order valence-electron chi connectivity index (χ1n) is 10.8. The van der Waals surface area contributed by atoms with Crippen LogP contribution in [0.2, 0.25) is 0 Å². The molecule has 0 aliphatic carbocycles. The van der Waals surface area contributed by atoms with E-state index in [0.29, 0.717) is 11.4 Å². The van der Waals surface area contributed by atoms with E-state index in [9.17, 15) is 9.59 Å². The molecule has 6 nitrogen and oxygen atoms in total. The molecule has 4 rings (SSSR count). The number of nitrogens with zero attached hydrogens (tertiary/aromatic N) is 2. The summed E-state index contributed by atoms with van der Waals surface area (Å²) in [4.78, 5) is 32.9. The first-order valence-corrected chi connectivity index (χ1v) is 10.8. The Morgan fingerprint density at radius 3 is 1.56 bits per heavy atom. The lowest BCUT2D eigenvalue weighted by Crippen LogP contribution is -2.23. The molecule has 0 spiro atoms. The maximum absolute atomic E-state index is 11.9. The number of pyridine rings is 2. The van der Waals surface area contributed by atoms with Gasteiger partial charge < -0.3 is 10.6 Å². The average molecular weight is 447 g/mol. The number of hydrogen-bond donors (Lipinski definition) is 2. The first kappa shape index (κ1) is 22.4. The van der Waals surface area contributed by atoms with E-state index in [1.165, 1.54) is 12.2 Å². The molecule has 0 aliphatic heterocycles. The number of hydrogen-bond acceptors (Lipinski definition) is 4. The fourth-order valence-corrected chi connectivity index (χ4v) is 3.18. The van der Waals surface area contributed by atoms with Gasteiger partial charge in [-0.25, -0.2) is 9.97 Å². The molecular weight excluding hydrogens is 424 g/mol. The van der Waals surface area contributed by atoms with Gasteiger partial charge in [0.05, 0.1) is 35.5 Å². The van der Waals surface area contributed by atoms with Gasteiger partial charge in [0, 0.05) is 22.9 Å². The maximum Gasteiger partial charge on any atom is 0.244 e. The minimum Gasteiger partial charge on any atom is -0.342 e. The third-order valence-corrected chi connectivity index (χ3v) is 4.88. The Hall–Kier alpha value is -4.76. The van der Waals surface area contributed by atoms with Gasteiger partial charge in [0.15, 0.2) is 0 Å². The molecule has 6 heteroatoms. The largest absolute Gasteiger partial charge is 0.342 e. The smallest absolute Gasteiger partial charge is 0.244 e. The molecule has 2 aromatic heterocycles. The zero-order valence-electron chi connectivity index (χ0n) is 18.4. The number of carbonyl (C=O) groups excluding carboxylic acids is 2. The van der Waals surface area contributed by atoms with Crippen LogP contribution in [-0.4, -0.2) is 34.9 Å². The standard InChI is InChI=1S/C28H22N4O2/c33-27(17-15-23-13-11-21-7-1-3-9-25(21)31-23)29-19-5-6-20-30-28(34)18-16-24-14-12-22-8-2-4-10-26(22)32-24/h1-4,7-18H,19-20H2,(H,29,33)(H,30,34)/b17-15+,18-16+. The van der Waals surface area contributed by atoms with Crippen LogP contribution in [0, 0.1) is 11.8 Å². The van der Waals surface area contributed by atoms with E-state index in [-0.39, 0.29) is 24.9 Å². The van der Waals surface area contributed by atoms with E-state index in [2.05, 4.69) is 32.4 Å². The molecule has 0 unspecified atom stereocenters. The maximum atomic E-state index is 11.9. The summed E-state index contributed by atoms with van der Waals surface area (Å²) < 4.78 is 0. The fraction of sp³-hybridized carbons (Fsp3) is 0.0714. The molecule has 0 bridgehead atoms. The van der Waals surface area contributed by atoms with Crippen molar-refractivity contribution in [3.8, 4) is 11.8 Å². The molecule has 34 heavy (non-hydrogen) atoms. The zero-order chi connectivity index (χ0) is 23.6. The molecule has 4 aromatic rings. The van der Waals surface area contributed by atoms with Crippen molar-refractivity contribution in [3.63, 3.8) is 0 Å². The lowest BCUT2D eigenvalue weighted by atomic mass is 10.2. The van der Waals surface area contributed by atoms with Gasteiger partial charge in [-0.2, -0.15) is 0 Å². The number of fused-ring (bicyclic) bond motifs is 2. The quantitative estimate of drug-likeness (QED) is 0.349. The molecule has 0 atom stereocenters. The van der Waals surface area contributed by atoms with Gasteiger partial charge in [-0.05, 0) is 36.4 Å². The van der Waals surface area contributed by atoms with Crippen LogP contribution >= 0.6 is 0 Å². The second-order valence-electron chi connectivity index (χ2n) is 7.31. The lowest BCUT2D eigenvalue weighted by molar-refractivity contribution is -0.117. The van der Waals surface area contributed by atoms with Crippen molar-refractivity contribution in [3.05, 3.63) is 96.3 Å². The summed E-state index contributed by atoms with van der Waals surface area (Å²) in [5.74, 6) is 5.08. The summed E-state index contributed by atoms with van der Waals surface area (Å²) in [6.07, 6.45) is 6.16. The molecule has 2 heterocycles. The van der Waals surface area contributed by atoms with Crippen molar-refractivity contribution in [2.45, 2.75) is 0 Å². The Morgan fingerprint density at radius 1 is 0.647 bits per heavy atom. The van der Waals surface area contributed by atoms with Gasteiger partial charge in [-0.15, -0.1) is 0 Å². The van der Waals surface area contributed by atoms with Crippen molar-refractivity contribution >= 4 is 45.8 Å². The molecule has 2 aromatic carbocycles. The van der Waals surface area contributed by atoms with E-state index in [1.807, 2.05) is 72.8 Å². The fourth-order valence-electron chi connectivity index (χ4n) is 3.18. The second-order valence-corrected chi connectivity index (χ2v) is 7.31. The molecule has 2 amide bonds. The Labute approximate surface area is 197 Å². The van der Waals surface area contributed by atoms with Gasteiger partial charge in [-0.3, -0.25) is 9.59 Å². The molecule has 0 fully saturated rings. The second kappa shape index (κ2) is 11.2. The van der Waals surface area contributed by atoms with E-state index in [4.69, 9.17) is 0 Å². The van der Waals surface area contributed by atoms with Crippen LogP contribution in [0.5, 0.6) is 0 Å². The highest BCUT2D eigenvalue weighted by molar-refractivity contribution is 5.92. The number of para-hydroxylation sites is 2.